The van der Waals surface area contributed by atoms with Crippen molar-refractivity contribution in [3.63, 3.8) is 0 Å². The Balaban J connectivity index is 1.50. The van der Waals surface area contributed by atoms with Crippen LogP contribution in [0.4, 0.5) is 0 Å². The SMILES string of the molecule is CNC(=O)c1cccc(CNC(=O)CSc2nnc(-c3ccc(OC)cc3)o2)c1. The van der Waals surface area contributed by atoms with Crippen LogP contribution >= 0.6 is 11.8 Å². The van der Waals surface area contributed by atoms with Crippen molar-refractivity contribution in [2.45, 2.75) is 11.8 Å². The maximum Gasteiger partial charge on any atom is 0.277 e. The molecule has 2 N–H and O–H groups in total. The highest BCUT2D eigenvalue weighted by Crippen LogP contribution is 2.24. The van der Waals surface area contributed by atoms with Crippen LogP contribution in [0.1, 0.15) is 15.9 Å². The smallest absolute Gasteiger partial charge is 0.277 e. The Morgan fingerprint density at radius 2 is 1.93 bits per heavy atom. The number of amides is 2. The van der Waals surface area contributed by atoms with E-state index in [1.807, 2.05) is 18.2 Å². The molecule has 0 unspecified atom stereocenters. The number of aromatic nitrogens is 2. The first-order valence-electron chi connectivity index (χ1n) is 8.77. The van der Waals surface area contributed by atoms with Crippen molar-refractivity contribution < 1.29 is 18.7 Å². The highest BCUT2D eigenvalue weighted by atomic mass is 32.2. The van der Waals surface area contributed by atoms with Crippen LogP contribution < -0.4 is 15.4 Å². The summed E-state index contributed by atoms with van der Waals surface area (Å²) in [6, 6.07) is 14.3. The number of thioether (sulfide) groups is 1. The number of hydrogen-bond acceptors (Lipinski definition) is 7. The number of carbonyl (C=O) groups is 2. The molecule has 0 spiro atoms. The van der Waals surface area contributed by atoms with Gasteiger partial charge in [0.15, 0.2) is 0 Å². The zero-order valence-corrected chi connectivity index (χ0v) is 16.8. The van der Waals surface area contributed by atoms with Gasteiger partial charge in [-0.3, -0.25) is 9.59 Å². The second-order valence-corrected chi connectivity index (χ2v) is 6.87. The first-order valence-corrected chi connectivity index (χ1v) is 9.76. The standard InChI is InChI=1S/C20H20N4O4S/c1-21-18(26)15-5-3-4-13(10-15)11-22-17(25)12-29-20-24-23-19(28-20)14-6-8-16(27-2)9-7-14/h3-10H,11-12H2,1-2H3,(H,21,26)(H,22,25). The number of nitrogens with zero attached hydrogens (tertiary/aromatic N) is 2. The molecule has 29 heavy (non-hydrogen) atoms. The molecule has 0 fully saturated rings. The van der Waals surface area contributed by atoms with Crippen LogP contribution in [-0.4, -0.2) is 41.9 Å². The molecule has 0 bridgehead atoms. The van der Waals surface area contributed by atoms with E-state index in [2.05, 4.69) is 20.8 Å². The Morgan fingerprint density at radius 1 is 1.14 bits per heavy atom. The van der Waals surface area contributed by atoms with Crippen LogP contribution in [0.15, 0.2) is 58.2 Å². The fourth-order valence-electron chi connectivity index (χ4n) is 2.46. The van der Waals surface area contributed by atoms with E-state index >= 15 is 0 Å². The number of hydrogen-bond donors (Lipinski definition) is 2. The Kier molecular flexibility index (Phi) is 6.85. The molecule has 8 nitrogen and oxygen atoms in total. The summed E-state index contributed by atoms with van der Waals surface area (Å²) in [7, 11) is 3.17. The summed E-state index contributed by atoms with van der Waals surface area (Å²) >= 11 is 1.16. The molecule has 0 radical (unpaired) electrons. The highest BCUT2D eigenvalue weighted by Gasteiger charge is 2.12. The summed E-state index contributed by atoms with van der Waals surface area (Å²) in [5.41, 5.74) is 2.15. The zero-order chi connectivity index (χ0) is 20.6. The molecular formula is C20H20N4O4S. The molecule has 0 saturated heterocycles. The zero-order valence-electron chi connectivity index (χ0n) is 16.0. The van der Waals surface area contributed by atoms with Gasteiger partial charge in [0.1, 0.15) is 5.75 Å². The van der Waals surface area contributed by atoms with Crippen molar-refractivity contribution in [3.05, 3.63) is 59.7 Å². The van der Waals surface area contributed by atoms with E-state index in [9.17, 15) is 9.59 Å². The molecule has 3 rings (SSSR count). The lowest BCUT2D eigenvalue weighted by Crippen LogP contribution is -2.25. The molecule has 150 valence electrons. The van der Waals surface area contributed by atoms with Gasteiger partial charge in [-0.2, -0.15) is 0 Å². The van der Waals surface area contributed by atoms with Gasteiger partial charge in [0, 0.05) is 24.7 Å². The van der Waals surface area contributed by atoms with Crippen LogP contribution in [0.5, 0.6) is 5.75 Å². The second-order valence-electron chi connectivity index (χ2n) is 5.95. The fourth-order valence-corrected chi connectivity index (χ4v) is 3.06. The molecule has 0 atom stereocenters. The quantitative estimate of drug-likeness (QED) is 0.548. The summed E-state index contributed by atoms with van der Waals surface area (Å²) in [4.78, 5) is 23.8. The van der Waals surface area contributed by atoms with Gasteiger partial charge in [0.25, 0.3) is 11.1 Å². The van der Waals surface area contributed by atoms with Gasteiger partial charge in [-0.15, -0.1) is 10.2 Å². The molecule has 1 heterocycles. The third kappa shape index (κ3) is 5.58. The lowest BCUT2D eigenvalue weighted by atomic mass is 10.1. The minimum atomic E-state index is -0.176. The molecular weight excluding hydrogens is 392 g/mol. The van der Waals surface area contributed by atoms with E-state index in [0.29, 0.717) is 23.2 Å². The average Bonchev–Trinajstić information content (AvgIpc) is 3.25. The summed E-state index contributed by atoms with van der Waals surface area (Å²) < 4.78 is 10.7. The van der Waals surface area contributed by atoms with Gasteiger partial charge >= 0.3 is 0 Å². The normalized spacial score (nSPS) is 10.4. The van der Waals surface area contributed by atoms with E-state index in [0.717, 1.165) is 28.6 Å². The molecule has 0 aliphatic rings. The first-order chi connectivity index (χ1) is 14.1. The second kappa shape index (κ2) is 9.74. The van der Waals surface area contributed by atoms with E-state index in [1.54, 1.807) is 44.5 Å². The van der Waals surface area contributed by atoms with Crippen molar-refractivity contribution in [1.29, 1.82) is 0 Å². The average molecular weight is 412 g/mol. The van der Waals surface area contributed by atoms with E-state index < -0.39 is 0 Å². The number of rotatable bonds is 8. The van der Waals surface area contributed by atoms with Crippen LogP contribution in [0.3, 0.4) is 0 Å². The van der Waals surface area contributed by atoms with Gasteiger partial charge in [-0.1, -0.05) is 23.9 Å². The number of benzene rings is 2. The first kappa shape index (κ1) is 20.4. The molecule has 2 aromatic carbocycles. The van der Waals surface area contributed by atoms with Crippen molar-refractivity contribution in [2.24, 2.45) is 0 Å². The number of methoxy groups -OCH3 is 1. The summed E-state index contributed by atoms with van der Waals surface area (Å²) in [6.45, 7) is 0.325. The van der Waals surface area contributed by atoms with Gasteiger partial charge in [-0.25, -0.2) is 0 Å². The Bertz CT molecular complexity index is 988. The van der Waals surface area contributed by atoms with Crippen molar-refractivity contribution in [2.75, 3.05) is 19.9 Å². The Labute approximate surface area is 172 Å². The molecule has 9 heteroatoms. The number of nitrogens with one attached hydrogen (secondary N) is 2. The predicted octanol–water partition coefficient (Wildman–Crippen LogP) is 2.51. The predicted molar refractivity (Wildman–Crippen MR) is 109 cm³/mol. The van der Waals surface area contributed by atoms with Crippen LogP contribution in [0.25, 0.3) is 11.5 Å². The van der Waals surface area contributed by atoms with E-state index in [4.69, 9.17) is 9.15 Å². The lowest BCUT2D eigenvalue weighted by molar-refractivity contribution is -0.118. The molecule has 2 amide bonds. The molecule has 3 aromatic rings. The van der Waals surface area contributed by atoms with E-state index in [1.165, 1.54) is 0 Å². The third-order valence-electron chi connectivity index (χ3n) is 3.98. The van der Waals surface area contributed by atoms with Crippen molar-refractivity contribution >= 4 is 23.6 Å². The van der Waals surface area contributed by atoms with Gasteiger partial charge in [0.05, 0.1) is 12.9 Å². The molecule has 0 saturated carbocycles. The Morgan fingerprint density at radius 3 is 2.66 bits per heavy atom. The van der Waals surface area contributed by atoms with Crippen molar-refractivity contribution in [1.82, 2.24) is 20.8 Å². The minimum Gasteiger partial charge on any atom is -0.497 e. The van der Waals surface area contributed by atoms with Gasteiger partial charge in [-0.05, 0) is 42.0 Å². The van der Waals surface area contributed by atoms with Crippen LogP contribution in [0, 0.1) is 0 Å². The summed E-state index contributed by atoms with van der Waals surface area (Å²) in [5, 5.41) is 13.7. The van der Waals surface area contributed by atoms with Crippen molar-refractivity contribution in [3.8, 4) is 17.2 Å². The van der Waals surface area contributed by atoms with Crippen LogP contribution in [0.2, 0.25) is 0 Å². The summed E-state index contributed by atoms with van der Waals surface area (Å²) in [5.74, 6) is 0.906. The highest BCUT2D eigenvalue weighted by molar-refractivity contribution is 7.99. The van der Waals surface area contributed by atoms with Gasteiger partial charge < -0.3 is 19.8 Å². The maximum atomic E-state index is 12.1. The molecule has 1 aromatic heterocycles. The van der Waals surface area contributed by atoms with Crippen LogP contribution in [-0.2, 0) is 11.3 Å². The topological polar surface area (TPSA) is 106 Å². The Hall–Kier alpha value is -3.33. The van der Waals surface area contributed by atoms with Gasteiger partial charge in [0.2, 0.25) is 11.8 Å². The van der Waals surface area contributed by atoms with E-state index in [-0.39, 0.29) is 17.6 Å². The third-order valence-corrected chi connectivity index (χ3v) is 4.79. The molecule has 0 aliphatic carbocycles. The lowest BCUT2D eigenvalue weighted by Gasteiger charge is -2.06. The number of ether oxygens (including phenoxy) is 1. The largest absolute Gasteiger partial charge is 0.497 e. The molecule has 0 aliphatic heterocycles. The fraction of sp³-hybridized carbons (Fsp3) is 0.200. The number of carbonyl (C=O) groups excluding carboxylic acids is 2. The minimum absolute atomic E-state index is 0.138. The monoisotopic (exact) mass is 412 g/mol. The maximum absolute atomic E-state index is 12.1. The summed E-state index contributed by atoms with van der Waals surface area (Å²) in [6.07, 6.45) is 0.